The third kappa shape index (κ3) is 3.64. The SMILES string of the molecule is CNC(Cc1cc(F)cc(F)c1)c1cc(Br)ccc1C. The summed E-state index contributed by atoms with van der Waals surface area (Å²) in [6.45, 7) is 2.03. The molecule has 0 saturated heterocycles. The molecule has 1 nitrogen and oxygen atoms in total. The van der Waals surface area contributed by atoms with E-state index in [2.05, 4.69) is 21.2 Å². The van der Waals surface area contributed by atoms with Crippen LogP contribution in [0.5, 0.6) is 0 Å². The van der Waals surface area contributed by atoms with Gasteiger partial charge in [-0.2, -0.15) is 0 Å². The Morgan fingerprint density at radius 1 is 1.10 bits per heavy atom. The van der Waals surface area contributed by atoms with E-state index >= 15 is 0 Å². The number of rotatable bonds is 4. The fourth-order valence-electron chi connectivity index (χ4n) is 2.32. The van der Waals surface area contributed by atoms with Crippen LogP contribution < -0.4 is 5.32 Å². The molecule has 0 spiro atoms. The Bertz CT molecular complexity index is 593. The smallest absolute Gasteiger partial charge is 0.126 e. The fraction of sp³-hybridized carbons (Fsp3) is 0.250. The van der Waals surface area contributed by atoms with Crippen molar-refractivity contribution in [3.8, 4) is 0 Å². The van der Waals surface area contributed by atoms with Gasteiger partial charge in [0.1, 0.15) is 11.6 Å². The lowest BCUT2D eigenvalue weighted by Gasteiger charge is -2.19. The van der Waals surface area contributed by atoms with Crippen LogP contribution in [0, 0.1) is 18.6 Å². The van der Waals surface area contributed by atoms with E-state index in [1.807, 2.05) is 32.2 Å². The standard InChI is InChI=1S/C16H16BrF2N/c1-10-3-4-12(17)8-15(10)16(20-2)7-11-5-13(18)9-14(19)6-11/h3-6,8-9,16,20H,7H2,1-2H3. The van der Waals surface area contributed by atoms with Crippen molar-refractivity contribution in [2.45, 2.75) is 19.4 Å². The first kappa shape index (κ1) is 15.1. The molecule has 0 aliphatic rings. The largest absolute Gasteiger partial charge is 0.313 e. The van der Waals surface area contributed by atoms with E-state index < -0.39 is 11.6 Å². The van der Waals surface area contributed by atoms with E-state index in [-0.39, 0.29) is 6.04 Å². The van der Waals surface area contributed by atoms with Crippen molar-refractivity contribution in [2.24, 2.45) is 0 Å². The van der Waals surface area contributed by atoms with Gasteiger partial charge in [0.05, 0.1) is 0 Å². The van der Waals surface area contributed by atoms with E-state index in [0.29, 0.717) is 12.0 Å². The highest BCUT2D eigenvalue weighted by Gasteiger charge is 2.14. The van der Waals surface area contributed by atoms with Gasteiger partial charge in [-0.1, -0.05) is 22.0 Å². The molecule has 2 aromatic rings. The van der Waals surface area contributed by atoms with Crippen LogP contribution in [0.3, 0.4) is 0 Å². The molecule has 0 amide bonds. The predicted octanol–water partition coefficient (Wildman–Crippen LogP) is 4.54. The predicted molar refractivity (Wildman–Crippen MR) is 80.7 cm³/mol. The number of nitrogens with one attached hydrogen (secondary N) is 1. The maximum atomic E-state index is 13.3. The zero-order chi connectivity index (χ0) is 14.7. The van der Waals surface area contributed by atoms with Crippen LogP contribution in [-0.2, 0) is 6.42 Å². The first-order valence-corrected chi connectivity index (χ1v) is 7.17. The molecule has 20 heavy (non-hydrogen) atoms. The second-order valence-electron chi connectivity index (χ2n) is 4.82. The maximum Gasteiger partial charge on any atom is 0.126 e. The van der Waals surface area contributed by atoms with Gasteiger partial charge in [0.25, 0.3) is 0 Å². The first-order valence-electron chi connectivity index (χ1n) is 6.38. The van der Waals surface area contributed by atoms with Gasteiger partial charge in [-0.05, 0) is 61.3 Å². The lowest BCUT2D eigenvalue weighted by Crippen LogP contribution is -2.20. The Kier molecular flexibility index (Phi) is 4.89. The molecule has 0 heterocycles. The summed E-state index contributed by atoms with van der Waals surface area (Å²) in [7, 11) is 1.85. The zero-order valence-corrected chi connectivity index (χ0v) is 13.0. The summed E-state index contributed by atoms with van der Waals surface area (Å²) in [4.78, 5) is 0. The molecule has 0 fully saturated rings. The van der Waals surface area contributed by atoms with Crippen LogP contribution in [0.2, 0.25) is 0 Å². The molecule has 0 aliphatic carbocycles. The molecule has 2 aromatic carbocycles. The average Bonchev–Trinajstić information content (AvgIpc) is 2.38. The molecule has 1 N–H and O–H groups in total. The molecule has 2 rings (SSSR count). The van der Waals surface area contributed by atoms with Gasteiger partial charge in [0.15, 0.2) is 0 Å². The summed E-state index contributed by atoms with van der Waals surface area (Å²) < 4.78 is 27.5. The van der Waals surface area contributed by atoms with Crippen LogP contribution in [0.15, 0.2) is 40.9 Å². The minimum atomic E-state index is -0.541. The Morgan fingerprint density at radius 2 is 1.75 bits per heavy atom. The highest BCUT2D eigenvalue weighted by molar-refractivity contribution is 9.10. The quantitative estimate of drug-likeness (QED) is 0.862. The Morgan fingerprint density at radius 3 is 2.35 bits per heavy atom. The molecular weight excluding hydrogens is 324 g/mol. The van der Waals surface area contributed by atoms with Crippen LogP contribution >= 0.6 is 15.9 Å². The van der Waals surface area contributed by atoms with Gasteiger partial charge >= 0.3 is 0 Å². The second-order valence-corrected chi connectivity index (χ2v) is 5.74. The molecule has 4 heteroatoms. The number of hydrogen-bond donors (Lipinski definition) is 1. The Labute approximate surface area is 126 Å². The van der Waals surface area contributed by atoms with Crippen molar-refractivity contribution in [2.75, 3.05) is 7.05 Å². The van der Waals surface area contributed by atoms with Crippen LogP contribution in [0.1, 0.15) is 22.7 Å². The molecule has 0 aliphatic heterocycles. The normalized spacial score (nSPS) is 12.4. The first-order chi connectivity index (χ1) is 9.49. The molecule has 1 atom stereocenters. The summed E-state index contributed by atoms with van der Waals surface area (Å²) >= 11 is 3.45. The number of likely N-dealkylation sites (N-methyl/N-ethyl adjacent to an activating group) is 1. The van der Waals surface area contributed by atoms with Gasteiger partial charge in [-0.3, -0.25) is 0 Å². The Hall–Kier alpha value is -1.26. The second kappa shape index (κ2) is 6.46. The van der Waals surface area contributed by atoms with Crippen molar-refractivity contribution >= 4 is 15.9 Å². The highest BCUT2D eigenvalue weighted by atomic mass is 79.9. The molecule has 0 aromatic heterocycles. The lowest BCUT2D eigenvalue weighted by molar-refractivity contribution is 0.561. The highest BCUT2D eigenvalue weighted by Crippen LogP contribution is 2.25. The van der Waals surface area contributed by atoms with E-state index in [9.17, 15) is 8.78 Å². The minimum absolute atomic E-state index is 0.00806. The van der Waals surface area contributed by atoms with E-state index in [4.69, 9.17) is 0 Å². The number of halogens is 3. The van der Waals surface area contributed by atoms with Gasteiger partial charge in [-0.25, -0.2) is 8.78 Å². The van der Waals surface area contributed by atoms with Crippen molar-refractivity contribution in [1.29, 1.82) is 0 Å². The molecule has 106 valence electrons. The Balaban J connectivity index is 2.31. The third-order valence-corrected chi connectivity index (χ3v) is 3.82. The molecule has 1 unspecified atom stereocenters. The summed E-state index contributed by atoms with van der Waals surface area (Å²) in [5, 5.41) is 3.21. The number of benzene rings is 2. The molecular formula is C16H16BrF2N. The summed E-state index contributed by atoms with van der Waals surface area (Å²) in [5.74, 6) is -1.08. The van der Waals surface area contributed by atoms with Crippen molar-refractivity contribution < 1.29 is 8.78 Å². The average molecular weight is 340 g/mol. The molecule has 0 saturated carbocycles. The van der Waals surface area contributed by atoms with Gasteiger partial charge < -0.3 is 5.32 Å². The van der Waals surface area contributed by atoms with E-state index in [1.54, 1.807) is 0 Å². The monoisotopic (exact) mass is 339 g/mol. The summed E-state index contributed by atoms with van der Waals surface area (Å²) in [6, 6.07) is 9.69. The minimum Gasteiger partial charge on any atom is -0.313 e. The van der Waals surface area contributed by atoms with Crippen molar-refractivity contribution in [3.63, 3.8) is 0 Å². The maximum absolute atomic E-state index is 13.3. The lowest BCUT2D eigenvalue weighted by atomic mass is 9.95. The molecule has 0 radical (unpaired) electrons. The number of aryl methyl sites for hydroxylation is 1. The van der Waals surface area contributed by atoms with Crippen molar-refractivity contribution in [1.82, 2.24) is 5.32 Å². The van der Waals surface area contributed by atoms with Crippen LogP contribution in [-0.4, -0.2) is 7.05 Å². The number of hydrogen-bond acceptors (Lipinski definition) is 1. The van der Waals surface area contributed by atoms with Crippen molar-refractivity contribution in [3.05, 3.63) is 69.2 Å². The van der Waals surface area contributed by atoms with Crippen LogP contribution in [0.4, 0.5) is 8.78 Å². The third-order valence-electron chi connectivity index (χ3n) is 3.33. The summed E-state index contributed by atoms with van der Waals surface area (Å²) in [6.07, 6.45) is 0.530. The zero-order valence-electron chi connectivity index (χ0n) is 11.4. The van der Waals surface area contributed by atoms with E-state index in [0.717, 1.165) is 21.7 Å². The summed E-state index contributed by atoms with van der Waals surface area (Å²) in [5.41, 5.74) is 2.90. The van der Waals surface area contributed by atoms with Gasteiger partial charge in [-0.15, -0.1) is 0 Å². The topological polar surface area (TPSA) is 12.0 Å². The fourth-order valence-corrected chi connectivity index (χ4v) is 2.70. The molecule has 0 bridgehead atoms. The van der Waals surface area contributed by atoms with E-state index in [1.165, 1.54) is 12.1 Å². The van der Waals surface area contributed by atoms with Crippen LogP contribution in [0.25, 0.3) is 0 Å². The van der Waals surface area contributed by atoms with Gasteiger partial charge in [0, 0.05) is 16.6 Å². The van der Waals surface area contributed by atoms with Gasteiger partial charge in [0.2, 0.25) is 0 Å².